The summed E-state index contributed by atoms with van der Waals surface area (Å²) in [6.45, 7) is 15.4. The maximum Gasteiger partial charge on any atom is 0.411 e. The zero-order valence-corrected chi connectivity index (χ0v) is 49.8. The molecule has 17 unspecified atom stereocenters. The van der Waals surface area contributed by atoms with Crippen molar-refractivity contribution in [3.05, 3.63) is 49.8 Å². The molecule has 4 heterocycles. The monoisotopic (exact) mass is 1240 g/mol. The van der Waals surface area contributed by atoms with Crippen molar-refractivity contribution in [2.24, 2.45) is 29.6 Å². The van der Waals surface area contributed by atoms with Crippen molar-refractivity contribution < 1.29 is 87.3 Å². The number of allylic oxidation sites excluding steroid dienone is 4. The Morgan fingerprint density at radius 3 is 2.27 bits per heavy atom. The normalized spacial score (nSPS) is 37.4. The number of alkyl carbamates (subject to hydrolysis) is 1. The van der Waals surface area contributed by atoms with E-state index in [1.165, 1.54) is 33.5 Å². The van der Waals surface area contributed by atoms with E-state index in [1.807, 2.05) is 29.5 Å². The van der Waals surface area contributed by atoms with E-state index in [2.05, 4.69) is 42.8 Å². The number of aliphatic hydroxyl groups is 5. The highest BCUT2D eigenvalue weighted by molar-refractivity contribution is 14.1. The van der Waals surface area contributed by atoms with Gasteiger partial charge < -0.3 is 72.9 Å². The second-order valence-electron chi connectivity index (χ2n) is 21.4. The van der Waals surface area contributed by atoms with Gasteiger partial charge in [-0.3, -0.25) is 14.9 Å². The van der Waals surface area contributed by atoms with Gasteiger partial charge in [0.2, 0.25) is 17.2 Å². The average Bonchev–Trinajstić information content (AvgIpc) is 3.46. The van der Waals surface area contributed by atoms with Crippen LogP contribution >= 0.6 is 34.4 Å². The fourth-order valence-electron chi connectivity index (χ4n) is 11.5. The van der Waals surface area contributed by atoms with Crippen molar-refractivity contribution in [1.82, 2.24) is 5.32 Å². The third-order valence-corrected chi connectivity index (χ3v) is 18.8. The maximum atomic E-state index is 14.4. The van der Waals surface area contributed by atoms with Crippen LogP contribution in [0.4, 0.5) is 4.79 Å². The third kappa shape index (κ3) is 13.8. The van der Waals surface area contributed by atoms with E-state index >= 15 is 0 Å². The Hall–Kier alpha value is -3.79. The minimum Gasteiger partial charge on any atom is -0.492 e. The number of thioether (sulfide) groups is 1. The number of methoxy groups -OCH3 is 3. The lowest BCUT2D eigenvalue weighted by Gasteiger charge is -2.47. The first-order chi connectivity index (χ1) is 37.6. The summed E-state index contributed by atoms with van der Waals surface area (Å²) in [5.74, 6) is 10.1. The van der Waals surface area contributed by atoms with Gasteiger partial charge in [-0.2, -0.15) is 0 Å². The highest BCUT2D eigenvalue weighted by Crippen LogP contribution is 2.49. The molecule has 4 saturated heterocycles. The quantitative estimate of drug-likeness (QED) is 0.0768. The van der Waals surface area contributed by atoms with E-state index in [1.54, 1.807) is 40.7 Å². The number of amides is 1. The van der Waals surface area contributed by atoms with Gasteiger partial charge in [-0.1, -0.05) is 75.6 Å². The minimum absolute atomic E-state index is 0.0108. The van der Waals surface area contributed by atoms with Gasteiger partial charge in [0.1, 0.15) is 12.2 Å². The third-order valence-electron chi connectivity index (χ3n) is 16.1. The van der Waals surface area contributed by atoms with E-state index < -0.39 is 120 Å². The Kier molecular flexibility index (Phi) is 21.9. The maximum absolute atomic E-state index is 14.4. The molecule has 19 atom stereocenters. The zero-order chi connectivity index (χ0) is 57.6. The summed E-state index contributed by atoms with van der Waals surface area (Å²) in [5, 5.41) is 59.3. The molecular weight excluding hydrogens is 1160 g/mol. The molecule has 1 amide bonds. The van der Waals surface area contributed by atoms with Crippen LogP contribution in [0.3, 0.4) is 0 Å². The number of ketones is 1. The summed E-state index contributed by atoms with van der Waals surface area (Å²) < 4.78 is 61.9. The Morgan fingerprint density at radius 1 is 0.899 bits per heavy atom. The number of carbonyl (C=O) groups excluding carboxylic acids is 3. The number of hydrogen-bond acceptors (Lipinski definition) is 19. The fourth-order valence-corrected chi connectivity index (χ4v) is 13.3. The Morgan fingerprint density at radius 2 is 1.61 bits per heavy atom. The molecule has 2 aliphatic carbocycles. The molecule has 7 rings (SSSR count). The van der Waals surface area contributed by atoms with Crippen molar-refractivity contribution in [2.45, 2.75) is 185 Å². The molecule has 19 nitrogen and oxygen atoms in total. The second-order valence-corrected chi connectivity index (χ2v) is 23.7. The topological polar surface area (TPSA) is 257 Å². The molecule has 6 N–H and O–H groups in total. The van der Waals surface area contributed by atoms with Crippen molar-refractivity contribution in [3.63, 3.8) is 0 Å². The zero-order valence-electron chi connectivity index (χ0n) is 46.8. The molecule has 79 heavy (non-hydrogen) atoms. The van der Waals surface area contributed by atoms with Crippen molar-refractivity contribution in [2.75, 3.05) is 34.5 Å². The number of aliphatic hydroxyl groups excluding tert-OH is 4. The predicted octanol–water partition coefficient (Wildman–Crippen LogP) is 6.03. The van der Waals surface area contributed by atoms with E-state index in [0.29, 0.717) is 40.4 Å². The molecule has 0 radical (unpaired) electrons. The van der Waals surface area contributed by atoms with Gasteiger partial charge in [0, 0.05) is 35.3 Å². The number of ether oxygens (including phenoxy) is 10. The van der Waals surface area contributed by atoms with Gasteiger partial charge in [0.25, 0.3) is 0 Å². The summed E-state index contributed by atoms with van der Waals surface area (Å²) in [7, 11) is 3.96. The molecule has 1 aromatic rings. The molecule has 4 fully saturated rings. The van der Waals surface area contributed by atoms with Crippen LogP contribution in [0.5, 0.6) is 17.2 Å². The number of nitrogens with one attached hydrogen (secondary N) is 1. The van der Waals surface area contributed by atoms with Gasteiger partial charge in [-0.15, -0.1) is 0 Å². The highest BCUT2D eigenvalue weighted by Gasteiger charge is 2.51. The average molecular weight is 1240 g/mol. The molecule has 6 aliphatic rings. The first kappa shape index (κ1) is 62.8. The fraction of sp³-hybridized carbons (Fsp3) is 0.672. The van der Waals surface area contributed by atoms with E-state index in [0.717, 1.165) is 31.0 Å². The summed E-state index contributed by atoms with van der Waals surface area (Å²) in [6, 6.07) is 0. The Balaban J connectivity index is 1.10. The van der Waals surface area contributed by atoms with Crippen LogP contribution in [0.15, 0.2) is 35.1 Å². The summed E-state index contributed by atoms with van der Waals surface area (Å²) in [4.78, 5) is 41.1. The Bertz CT molecular complexity index is 2590. The molecule has 21 heteroatoms. The number of benzene rings is 1. The van der Waals surface area contributed by atoms with Crippen LogP contribution in [0, 0.1) is 63.8 Å². The standard InChI is InChI=1S/C58H78INO18S/c1-12-18-34-26-72-35(22-28(34)3)23-36-49(65)37(31(6)75-55(36)77-41-20-16-14-15-17-21-58(68)25-40(62)46(60-57(67)71-11)44(41)38(58)19-13-2)27-73-42-24-39(61)53(33(8)74-42)79-54(66)43-29(4)45(59)51(52(70-10)50(43)69-9)78-56-48(64)30(5)47(63)32(7)76-56/h14-15,19,28,30-37,39,41-42,47-49,53,55-56,61,63-65,68H,12-13,18,22-27H2,1-11H3,(H,60,67)/b15-14-,38-19+/t28?,30?,31?,32?,33?,34?,35?,36?,37?,39?,41-,42?,47?,48?,49?,53?,55?,56?,58-/m0/s1. The highest BCUT2D eigenvalue weighted by atomic mass is 127. The second kappa shape index (κ2) is 27.5. The number of fused-ring (bicyclic) bond motifs is 2. The first-order valence-electron chi connectivity index (χ1n) is 27.2. The smallest absolute Gasteiger partial charge is 0.411 e. The van der Waals surface area contributed by atoms with Gasteiger partial charge >= 0.3 is 6.09 Å². The number of carbonyl (C=O) groups is 3. The lowest BCUT2D eigenvalue weighted by molar-refractivity contribution is -0.288. The number of Topliss-reactive ketones (excluding diaryl/α,β-unsaturated/α-hetero) is 1. The van der Waals surface area contributed by atoms with Crippen LogP contribution in [0.25, 0.3) is 0 Å². The Labute approximate surface area is 481 Å². The lowest BCUT2D eigenvalue weighted by Crippen LogP contribution is -2.55. The van der Waals surface area contributed by atoms with Gasteiger partial charge in [0.15, 0.2) is 35.5 Å². The van der Waals surface area contributed by atoms with Gasteiger partial charge in [0.05, 0.1) is 104 Å². The molecule has 1 aromatic carbocycles. The minimum atomic E-state index is -1.96. The number of hydrogen-bond donors (Lipinski definition) is 6. The van der Waals surface area contributed by atoms with E-state index in [-0.39, 0.29) is 58.8 Å². The van der Waals surface area contributed by atoms with Crippen molar-refractivity contribution in [3.8, 4) is 40.9 Å². The number of halogens is 1. The molecule has 0 aromatic heterocycles. The molecule has 4 aliphatic heterocycles. The molecule has 0 spiro atoms. The van der Waals surface area contributed by atoms with Crippen molar-refractivity contribution in [1.29, 1.82) is 0 Å². The van der Waals surface area contributed by atoms with Crippen LogP contribution < -0.4 is 19.5 Å². The van der Waals surface area contributed by atoms with Crippen LogP contribution in [0.1, 0.15) is 109 Å². The largest absolute Gasteiger partial charge is 0.492 e. The summed E-state index contributed by atoms with van der Waals surface area (Å²) in [6.07, 6.45) is -4.37. The molecule has 436 valence electrons. The van der Waals surface area contributed by atoms with E-state index in [9.17, 15) is 39.9 Å². The predicted molar refractivity (Wildman–Crippen MR) is 299 cm³/mol. The molecular formula is C58H78INO18S. The molecule has 0 saturated carbocycles. The number of rotatable bonds is 17. The first-order valence-corrected chi connectivity index (χ1v) is 29.2. The lowest BCUT2D eigenvalue weighted by atomic mass is 9.75. The van der Waals surface area contributed by atoms with Gasteiger partial charge in [-0.05, 0) is 106 Å². The van der Waals surface area contributed by atoms with Crippen LogP contribution in [-0.4, -0.2) is 162 Å². The van der Waals surface area contributed by atoms with Gasteiger partial charge in [-0.25, -0.2) is 4.79 Å². The summed E-state index contributed by atoms with van der Waals surface area (Å²) in [5.41, 5.74) is -1.11. The summed E-state index contributed by atoms with van der Waals surface area (Å²) >= 11 is 2.93. The van der Waals surface area contributed by atoms with Crippen molar-refractivity contribution >= 4 is 51.3 Å². The van der Waals surface area contributed by atoms with E-state index in [4.69, 9.17) is 47.4 Å². The van der Waals surface area contributed by atoms with Crippen LogP contribution in [0.2, 0.25) is 0 Å². The molecule has 2 bridgehead atoms. The van der Waals surface area contributed by atoms with Crippen LogP contribution in [-0.2, 0) is 38.0 Å². The SMILES string of the molecule is CC/C=C1\C2=C(NC(=O)OC)C(=O)C[C@@]1(O)C#C/C=C\C#C[C@@H]2OC1OC(C)C(COC2CC(O)C(SC(=O)c3c(C)c(I)c(OC4OC(C)C(O)C(C)C4O)c(OC)c3OC)C(C)O2)C(O)C1CC1CC(C)C(CCC)CO1.